The van der Waals surface area contributed by atoms with Gasteiger partial charge in [0, 0.05) is 14.9 Å². The van der Waals surface area contributed by atoms with Crippen LogP contribution in [0.15, 0.2) is 28.7 Å². The molecule has 0 radical (unpaired) electrons. The average Bonchev–Trinajstić information content (AvgIpc) is 2.17. The number of nitrogens with zero attached hydrogens (tertiary/aromatic N) is 1. The van der Waals surface area contributed by atoms with Gasteiger partial charge < -0.3 is 0 Å². The Labute approximate surface area is 96.2 Å². The van der Waals surface area contributed by atoms with Gasteiger partial charge in [0.25, 0.3) is 0 Å². The first kappa shape index (κ1) is 9.94. The van der Waals surface area contributed by atoms with Crippen LogP contribution >= 0.6 is 27.5 Å². The molecule has 0 amide bonds. The SMILES string of the molecule is CCc1nc2cc(Cl)ccc2cc1Br. The summed E-state index contributed by atoms with van der Waals surface area (Å²) >= 11 is 9.40. The van der Waals surface area contributed by atoms with E-state index in [0.29, 0.717) is 0 Å². The van der Waals surface area contributed by atoms with Gasteiger partial charge in [0.1, 0.15) is 0 Å². The van der Waals surface area contributed by atoms with Crippen molar-refractivity contribution < 1.29 is 0 Å². The summed E-state index contributed by atoms with van der Waals surface area (Å²) in [7, 11) is 0. The zero-order chi connectivity index (χ0) is 10.1. The van der Waals surface area contributed by atoms with Gasteiger partial charge in [-0.1, -0.05) is 24.6 Å². The number of aromatic nitrogens is 1. The van der Waals surface area contributed by atoms with E-state index in [0.717, 1.165) is 32.5 Å². The smallest absolute Gasteiger partial charge is 0.0720 e. The molecule has 0 unspecified atom stereocenters. The molecule has 3 heteroatoms. The maximum Gasteiger partial charge on any atom is 0.0720 e. The summed E-state index contributed by atoms with van der Waals surface area (Å²) in [6.07, 6.45) is 0.920. The van der Waals surface area contributed by atoms with E-state index in [1.54, 1.807) is 0 Å². The highest BCUT2D eigenvalue weighted by Gasteiger charge is 2.02. The van der Waals surface area contributed by atoms with Crippen LogP contribution in [0.3, 0.4) is 0 Å². The normalized spacial score (nSPS) is 10.8. The second-order valence-electron chi connectivity index (χ2n) is 3.11. The Morgan fingerprint density at radius 3 is 2.86 bits per heavy atom. The Morgan fingerprint density at radius 1 is 1.36 bits per heavy atom. The lowest BCUT2D eigenvalue weighted by Crippen LogP contribution is -1.89. The van der Waals surface area contributed by atoms with Gasteiger partial charge in [0.15, 0.2) is 0 Å². The zero-order valence-electron chi connectivity index (χ0n) is 7.72. The molecular formula is C11H9BrClN. The molecule has 0 saturated heterocycles. The highest BCUT2D eigenvalue weighted by Crippen LogP contribution is 2.24. The van der Waals surface area contributed by atoms with E-state index >= 15 is 0 Å². The Hall–Kier alpha value is -0.600. The van der Waals surface area contributed by atoms with Crippen molar-refractivity contribution in [1.82, 2.24) is 4.98 Å². The molecular weight excluding hydrogens is 261 g/mol. The Morgan fingerprint density at radius 2 is 2.14 bits per heavy atom. The third kappa shape index (κ3) is 1.77. The summed E-state index contributed by atoms with van der Waals surface area (Å²) in [6.45, 7) is 2.09. The van der Waals surface area contributed by atoms with Crippen molar-refractivity contribution >= 4 is 38.4 Å². The monoisotopic (exact) mass is 269 g/mol. The summed E-state index contributed by atoms with van der Waals surface area (Å²) < 4.78 is 1.06. The molecule has 0 fully saturated rings. The summed E-state index contributed by atoms with van der Waals surface area (Å²) in [5, 5.41) is 1.84. The van der Waals surface area contributed by atoms with Gasteiger partial charge in [-0.15, -0.1) is 0 Å². The topological polar surface area (TPSA) is 12.9 Å². The van der Waals surface area contributed by atoms with Crippen molar-refractivity contribution in [2.45, 2.75) is 13.3 Å². The molecule has 1 aromatic heterocycles. The number of hydrogen-bond donors (Lipinski definition) is 0. The van der Waals surface area contributed by atoms with E-state index in [9.17, 15) is 0 Å². The maximum absolute atomic E-state index is 5.90. The summed E-state index contributed by atoms with van der Waals surface area (Å²) in [4.78, 5) is 4.52. The first-order chi connectivity index (χ1) is 6.70. The Balaban J connectivity index is 2.73. The van der Waals surface area contributed by atoms with Gasteiger partial charge in [0.05, 0.1) is 11.2 Å². The van der Waals surface area contributed by atoms with Crippen LogP contribution in [0.1, 0.15) is 12.6 Å². The van der Waals surface area contributed by atoms with Crippen molar-refractivity contribution in [2.75, 3.05) is 0 Å². The zero-order valence-corrected chi connectivity index (χ0v) is 10.1. The molecule has 0 aliphatic heterocycles. The van der Waals surface area contributed by atoms with Crippen molar-refractivity contribution in [1.29, 1.82) is 0 Å². The molecule has 0 bridgehead atoms. The van der Waals surface area contributed by atoms with E-state index < -0.39 is 0 Å². The van der Waals surface area contributed by atoms with Crippen LogP contribution in [0.4, 0.5) is 0 Å². The standard InChI is InChI=1S/C11H9BrClN/c1-2-10-9(12)5-7-3-4-8(13)6-11(7)14-10/h3-6H,2H2,1H3. The van der Waals surface area contributed by atoms with Gasteiger partial charge in [0.2, 0.25) is 0 Å². The molecule has 0 saturated carbocycles. The van der Waals surface area contributed by atoms with Crippen molar-refractivity contribution in [3.05, 3.63) is 39.5 Å². The first-order valence-corrected chi connectivity index (χ1v) is 5.62. The fourth-order valence-corrected chi connectivity index (χ4v) is 2.18. The number of hydrogen-bond acceptors (Lipinski definition) is 1. The quantitative estimate of drug-likeness (QED) is 0.756. The third-order valence-electron chi connectivity index (χ3n) is 2.14. The molecule has 14 heavy (non-hydrogen) atoms. The largest absolute Gasteiger partial charge is 0.252 e. The highest BCUT2D eigenvalue weighted by atomic mass is 79.9. The van der Waals surface area contributed by atoms with Crippen LogP contribution in [-0.2, 0) is 6.42 Å². The summed E-state index contributed by atoms with van der Waals surface area (Å²) in [5.41, 5.74) is 2.03. The number of fused-ring (bicyclic) bond motifs is 1. The molecule has 1 aromatic carbocycles. The minimum absolute atomic E-state index is 0.731. The van der Waals surface area contributed by atoms with E-state index in [1.807, 2.05) is 18.2 Å². The van der Waals surface area contributed by atoms with Crippen molar-refractivity contribution in [2.24, 2.45) is 0 Å². The predicted octanol–water partition coefficient (Wildman–Crippen LogP) is 4.21. The van der Waals surface area contributed by atoms with Crippen LogP contribution in [0.5, 0.6) is 0 Å². The van der Waals surface area contributed by atoms with Crippen LogP contribution in [0, 0.1) is 0 Å². The fraction of sp³-hybridized carbons (Fsp3) is 0.182. The predicted molar refractivity (Wildman–Crippen MR) is 63.8 cm³/mol. The van der Waals surface area contributed by atoms with E-state index in [4.69, 9.17) is 11.6 Å². The lowest BCUT2D eigenvalue weighted by atomic mass is 10.2. The van der Waals surface area contributed by atoms with Crippen LogP contribution in [-0.4, -0.2) is 4.98 Å². The fourth-order valence-electron chi connectivity index (χ4n) is 1.40. The van der Waals surface area contributed by atoms with Gasteiger partial charge in [-0.25, -0.2) is 0 Å². The molecule has 0 atom stereocenters. The molecule has 0 spiro atoms. The van der Waals surface area contributed by atoms with Crippen LogP contribution in [0.2, 0.25) is 5.02 Å². The van der Waals surface area contributed by atoms with Crippen molar-refractivity contribution in [3.63, 3.8) is 0 Å². The molecule has 0 N–H and O–H groups in total. The van der Waals surface area contributed by atoms with Gasteiger partial charge >= 0.3 is 0 Å². The molecule has 1 nitrogen and oxygen atoms in total. The Bertz CT molecular complexity index is 482. The molecule has 1 heterocycles. The second kappa shape index (κ2) is 3.87. The summed E-state index contributed by atoms with van der Waals surface area (Å²) in [6, 6.07) is 7.83. The lowest BCUT2D eigenvalue weighted by molar-refractivity contribution is 1.04. The number of pyridine rings is 1. The molecule has 0 aliphatic carbocycles. The number of rotatable bonds is 1. The van der Waals surface area contributed by atoms with Crippen LogP contribution in [0.25, 0.3) is 10.9 Å². The van der Waals surface area contributed by atoms with Crippen LogP contribution < -0.4 is 0 Å². The minimum Gasteiger partial charge on any atom is -0.252 e. The summed E-state index contributed by atoms with van der Waals surface area (Å²) in [5.74, 6) is 0. The van der Waals surface area contributed by atoms with E-state index in [-0.39, 0.29) is 0 Å². The molecule has 72 valence electrons. The highest BCUT2D eigenvalue weighted by molar-refractivity contribution is 9.10. The number of halogens is 2. The second-order valence-corrected chi connectivity index (χ2v) is 4.40. The minimum atomic E-state index is 0.731. The molecule has 2 rings (SSSR count). The van der Waals surface area contributed by atoms with Gasteiger partial charge in [-0.2, -0.15) is 0 Å². The average molecular weight is 271 g/mol. The Kier molecular flexibility index (Phi) is 2.75. The first-order valence-electron chi connectivity index (χ1n) is 4.45. The van der Waals surface area contributed by atoms with E-state index in [1.165, 1.54) is 0 Å². The van der Waals surface area contributed by atoms with E-state index in [2.05, 4.69) is 33.9 Å². The van der Waals surface area contributed by atoms with Gasteiger partial charge in [-0.05, 0) is 40.5 Å². The number of benzene rings is 1. The molecule has 2 aromatic rings. The molecule has 0 aliphatic rings. The maximum atomic E-state index is 5.90. The lowest BCUT2D eigenvalue weighted by Gasteiger charge is -2.03. The van der Waals surface area contributed by atoms with Crippen molar-refractivity contribution in [3.8, 4) is 0 Å². The third-order valence-corrected chi connectivity index (χ3v) is 3.06. The van der Waals surface area contributed by atoms with Gasteiger partial charge in [-0.3, -0.25) is 4.98 Å². The number of aryl methyl sites for hydroxylation is 1.